The zero-order valence-corrected chi connectivity index (χ0v) is 11.2. The number of alkyl halides is 3. The minimum atomic E-state index is -4.07. The summed E-state index contributed by atoms with van der Waals surface area (Å²) >= 11 is 0. The van der Waals surface area contributed by atoms with Gasteiger partial charge in [0.15, 0.2) is 0 Å². The first-order valence-corrected chi connectivity index (χ1v) is 6.70. The van der Waals surface area contributed by atoms with Crippen LogP contribution in [0.25, 0.3) is 11.0 Å². The smallest absolute Gasteiger partial charge is 0.342 e. The summed E-state index contributed by atoms with van der Waals surface area (Å²) < 4.78 is 40.0. The fourth-order valence-electron chi connectivity index (χ4n) is 2.82. The molecule has 1 aromatic heterocycles. The fourth-order valence-corrected chi connectivity index (χ4v) is 2.82. The molecule has 0 aliphatic carbocycles. The Bertz CT molecular complexity index is 610. The Morgan fingerprint density at radius 3 is 2.40 bits per heavy atom. The zero-order chi connectivity index (χ0) is 14.3. The van der Waals surface area contributed by atoms with Crippen molar-refractivity contribution >= 4 is 17.0 Å². The van der Waals surface area contributed by atoms with Gasteiger partial charge < -0.3 is 9.47 Å². The molecular weight excluding hydrogens is 267 g/mol. The highest BCUT2D eigenvalue weighted by Gasteiger charge is 2.41. The molecule has 20 heavy (non-hydrogen) atoms. The molecule has 108 valence electrons. The Morgan fingerprint density at radius 1 is 1.15 bits per heavy atom. The fraction of sp³-hybridized carbons (Fsp3) is 0.500. The first kappa shape index (κ1) is 13.3. The van der Waals surface area contributed by atoms with Gasteiger partial charge in [-0.05, 0) is 25.0 Å². The van der Waals surface area contributed by atoms with Gasteiger partial charge in [-0.25, -0.2) is 4.98 Å². The maximum atomic E-state index is 12.7. The van der Waals surface area contributed by atoms with E-state index in [1.807, 2.05) is 40.8 Å². The molecule has 0 N–H and O–H groups in total. The normalized spacial score (nSPS) is 17.9. The highest BCUT2D eigenvalue weighted by Crippen LogP contribution is 2.35. The molecular formula is C14H16F3N3. The summed E-state index contributed by atoms with van der Waals surface area (Å²) in [6.45, 7) is 0.808. The van der Waals surface area contributed by atoms with E-state index in [0.29, 0.717) is 13.1 Å². The van der Waals surface area contributed by atoms with Crippen molar-refractivity contribution in [3.63, 3.8) is 0 Å². The molecule has 2 aromatic rings. The molecule has 1 fully saturated rings. The van der Waals surface area contributed by atoms with Gasteiger partial charge in [0.25, 0.3) is 0 Å². The molecule has 3 rings (SSSR count). The van der Waals surface area contributed by atoms with E-state index >= 15 is 0 Å². The van der Waals surface area contributed by atoms with E-state index in [-0.39, 0.29) is 12.8 Å². The monoisotopic (exact) mass is 283 g/mol. The maximum absolute atomic E-state index is 12.7. The van der Waals surface area contributed by atoms with Crippen LogP contribution in [0.1, 0.15) is 12.8 Å². The second-order valence-electron chi connectivity index (χ2n) is 5.26. The average molecular weight is 283 g/mol. The number of aryl methyl sites for hydroxylation is 1. The largest absolute Gasteiger partial charge is 0.391 e. The zero-order valence-electron chi connectivity index (χ0n) is 11.2. The summed E-state index contributed by atoms with van der Waals surface area (Å²) in [7, 11) is 1.90. The van der Waals surface area contributed by atoms with E-state index < -0.39 is 12.1 Å². The number of fused-ring (bicyclic) bond motifs is 1. The third kappa shape index (κ3) is 2.23. The number of halogens is 3. The number of benzene rings is 1. The molecule has 0 radical (unpaired) electrons. The van der Waals surface area contributed by atoms with E-state index in [0.717, 1.165) is 17.0 Å². The van der Waals surface area contributed by atoms with Crippen LogP contribution in [0.5, 0.6) is 0 Å². The van der Waals surface area contributed by atoms with E-state index in [4.69, 9.17) is 0 Å². The second-order valence-corrected chi connectivity index (χ2v) is 5.26. The number of hydrogen-bond donors (Lipinski definition) is 0. The van der Waals surface area contributed by atoms with Gasteiger partial charge >= 0.3 is 6.18 Å². The number of aromatic nitrogens is 2. The van der Waals surface area contributed by atoms with Crippen molar-refractivity contribution in [2.75, 3.05) is 18.0 Å². The standard InChI is InChI=1S/C14H16F3N3/c1-19-12-5-3-2-4-11(12)18-13(19)20-8-6-10(7-9-20)14(15,16)17/h2-5,10H,6-9H2,1H3. The van der Waals surface area contributed by atoms with Crippen LogP contribution in [0.3, 0.4) is 0 Å². The number of para-hydroxylation sites is 2. The van der Waals surface area contributed by atoms with Gasteiger partial charge in [-0.15, -0.1) is 0 Å². The van der Waals surface area contributed by atoms with Gasteiger partial charge in [0, 0.05) is 20.1 Å². The van der Waals surface area contributed by atoms with Crippen LogP contribution in [-0.4, -0.2) is 28.8 Å². The van der Waals surface area contributed by atoms with Crippen molar-refractivity contribution in [1.29, 1.82) is 0 Å². The van der Waals surface area contributed by atoms with Crippen molar-refractivity contribution in [2.45, 2.75) is 19.0 Å². The first-order valence-electron chi connectivity index (χ1n) is 6.70. The predicted molar refractivity (Wildman–Crippen MR) is 71.7 cm³/mol. The van der Waals surface area contributed by atoms with Crippen molar-refractivity contribution in [3.05, 3.63) is 24.3 Å². The molecule has 0 atom stereocenters. The predicted octanol–water partition coefficient (Wildman–Crippen LogP) is 3.35. The SMILES string of the molecule is Cn1c(N2CCC(C(F)(F)F)CC2)nc2ccccc21. The number of anilines is 1. The third-order valence-electron chi connectivity index (χ3n) is 4.00. The van der Waals surface area contributed by atoms with Crippen molar-refractivity contribution in [2.24, 2.45) is 13.0 Å². The molecule has 0 saturated carbocycles. The second kappa shape index (κ2) is 4.68. The van der Waals surface area contributed by atoms with Gasteiger partial charge in [0.2, 0.25) is 5.95 Å². The number of piperidine rings is 1. The molecule has 0 bridgehead atoms. The van der Waals surface area contributed by atoms with Crippen molar-refractivity contribution < 1.29 is 13.2 Å². The van der Waals surface area contributed by atoms with Crippen LogP contribution in [0.2, 0.25) is 0 Å². The van der Waals surface area contributed by atoms with Gasteiger partial charge in [0.1, 0.15) is 0 Å². The van der Waals surface area contributed by atoms with Gasteiger partial charge in [-0.2, -0.15) is 13.2 Å². The minimum absolute atomic E-state index is 0.146. The van der Waals surface area contributed by atoms with Crippen molar-refractivity contribution in [3.8, 4) is 0 Å². The van der Waals surface area contributed by atoms with Crippen LogP contribution in [0, 0.1) is 5.92 Å². The highest BCUT2D eigenvalue weighted by atomic mass is 19.4. The lowest BCUT2D eigenvalue weighted by atomic mass is 9.96. The van der Waals surface area contributed by atoms with E-state index in [1.54, 1.807) is 0 Å². The van der Waals surface area contributed by atoms with Crippen LogP contribution in [-0.2, 0) is 7.05 Å². The first-order chi connectivity index (χ1) is 9.47. The van der Waals surface area contributed by atoms with Crippen LogP contribution in [0.15, 0.2) is 24.3 Å². The van der Waals surface area contributed by atoms with Crippen LogP contribution < -0.4 is 4.90 Å². The molecule has 1 aliphatic heterocycles. The summed E-state index contributed by atoms with van der Waals surface area (Å²) in [5, 5.41) is 0. The molecule has 3 nitrogen and oxygen atoms in total. The maximum Gasteiger partial charge on any atom is 0.391 e. The van der Waals surface area contributed by atoms with Crippen LogP contribution in [0.4, 0.5) is 19.1 Å². The summed E-state index contributed by atoms with van der Waals surface area (Å²) in [5.41, 5.74) is 1.88. The summed E-state index contributed by atoms with van der Waals surface area (Å²) in [4.78, 5) is 6.48. The Hall–Kier alpha value is -1.72. The van der Waals surface area contributed by atoms with E-state index in [1.165, 1.54) is 0 Å². The average Bonchev–Trinajstić information content (AvgIpc) is 2.76. The summed E-state index contributed by atoms with van der Waals surface area (Å²) in [6, 6.07) is 7.73. The van der Waals surface area contributed by atoms with E-state index in [9.17, 15) is 13.2 Å². The summed E-state index contributed by atoms with van der Waals surface area (Å²) in [6.07, 6.45) is -3.78. The van der Waals surface area contributed by atoms with Gasteiger partial charge in [0.05, 0.1) is 17.0 Å². The number of nitrogens with zero attached hydrogens (tertiary/aromatic N) is 3. The molecule has 2 heterocycles. The quantitative estimate of drug-likeness (QED) is 0.800. The lowest BCUT2D eigenvalue weighted by molar-refractivity contribution is -0.179. The van der Waals surface area contributed by atoms with Gasteiger partial charge in [-0.3, -0.25) is 0 Å². The third-order valence-corrected chi connectivity index (χ3v) is 4.00. The lowest BCUT2D eigenvalue weighted by Gasteiger charge is -2.33. The summed E-state index contributed by atoms with van der Waals surface area (Å²) in [5.74, 6) is -0.416. The highest BCUT2D eigenvalue weighted by molar-refractivity contribution is 5.78. The Labute approximate surface area is 115 Å². The molecule has 0 amide bonds. The molecule has 6 heteroatoms. The Balaban J connectivity index is 1.82. The number of rotatable bonds is 1. The topological polar surface area (TPSA) is 21.1 Å². The molecule has 0 unspecified atom stereocenters. The van der Waals surface area contributed by atoms with Gasteiger partial charge in [-0.1, -0.05) is 12.1 Å². The van der Waals surface area contributed by atoms with E-state index in [2.05, 4.69) is 4.98 Å². The van der Waals surface area contributed by atoms with Crippen molar-refractivity contribution in [1.82, 2.24) is 9.55 Å². The number of imidazole rings is 1. The Morgan fingerprint density at radius 2 is 1.80 bits per heavy atom. The Kier molecular flexibility index (Phi) is 3.11. The molecule has 0 spiro atoms. The molecule has 1 saturated heterocycles. The van der Waals surface area contributed by atoms with Crippen LogP contribution >= 0.6 is 0 Å². The minimum Gasteiger partial charge on any atom is -0.342 e. The molecule has 1 aromatic carbocycles. The lowest BCUT2D eigenvalue weighted by Crippen LogP contribution is -2.40. The molecule has 1 aliphatic rings. The number of hydrogen-bond acceptors (Lipinski definition) is 2.